The van der Waals surface area contributed by atoms with Crippen LogP contribution in [-0.4, -0.2) is 5.97 Å². The highest BCUT2D eigenvalue weighted by Gasteiger charge is 1.90. The molecule has 0 aliphatic rings. The van der Waals surface area contributed by atoms with Gasteiger partial charge in [-0.1, -0.05) is 125 Å². The highest BCUT2D eigenvalue weighted by molar-refractivity contribution is 5.77. The lowest BCUT2D eigenvalue weighted by atomic mass is 10.1. The third-order valence-corrected chi connectivity index (χ3v) is 3.84. The fourth-order valence-electron chi connectivity index (χ4n) is 2.39. The van der Waals surface area contributed by atoms with Crippen molar-refractivity contribution in [1.29, 1.82) is 0 Å². The summed E-state index contributed by atoms with van der Waals surface area (Å²) in [6.45, 7) is 2.26. The number of carbonyl (C=O) groups excluding carboxylic acids is 1. The minimum absolute atomic E-state index is 0.990. The van der Waals surface area contributed by atoms with Gasteiger partial charge in [-0.3, -0.25) is 0 Å². The topological polar surface area (TPSA) is 40.1 Å². The maximum atomic E-state index is 10.1. The fraction of sp³-hybridized carbons (Fsp3) is 0.458. The van der Waals surface area contributed by atoms with E-state index in [9.17, 15) is 9.90 Å². The summed E-state index contributed by atoms with van der Waals surface area (Å²) in [4.78, 5) is 10.1. The normalized spacial score (nSPS) is 13.0. The molecule has 0 aromatic rings. The van der Waals surface area contributed by atoms with Gasteiger partial charge < -0.3 is 9.90 Å². The molecule has 0 aromatic heterocycles. The quantitative estimate of drug-likeness (QED) is 0.194. The molecular weight excluding hydrogens is 320 g/mol. The molecule has 0 spiro atoms. The van der Waals surface area contributed by atoms with Crippen molar-refractivity contribution in [3.8, 4) is 0 Å². The van der Waals surface area contributed by atoms with Crippen LogP contribution in [0.2, 0.25) is 0 Å². The van der Waals surface area contributed by atoms with E-state index in [4.69, 9.17) is 0 Å². The zero-order valence-corrected chi connectivity index (χ0v) is 16.3. The Kier molecular flexibility index (Phi) is 19.3. The number of hydrogen-bond donors (Lipinski definition) is 0. The first-order chi connectivity index (χ1) is 12.8. The number of unbranched alkanes of at least 4 members (excludes halogenated alkanes) is 9. The summed E-state index contributed by atoms with van der Waals surface area (Å²) in [6, 6.07) is 0. The fourth-order valence-corrected chi connectivity index (χ4v) is 2.39. The second-order valence-corrected chi connectivity index (χ2v) is 6.26. The van der Waals surface area contributed by atoms with Crippen LogP contribution in [0.25, 0.3) is 0 Å². The molecule has 0 rings (SSSR count). The SMILES string of the molecule is CCCCCCCCCCC/C=C/C=C/C=C/C=C/C=C/C=C/C(=O)[O-]. The van der Waals surface area contributed by atoms with Crippen molar-refractivity contribution < 1.29 is 9.90 Å². The first-order valence-electron chi connectivity index (χ1n) is 9.98. The van der Waals surface area contributed by atoms with E-state index in [0.29, 0.717) is 0 Å². The maximum absolute atomic E-state index is 10.1. The molecule has 0 aliphatic carbocycles. The second-order valence-electron chi connectivity index (χ2n) is 6.26. The first-order valence-corrected chi connectivity index (χ1v) is 9.98. The van der Waals surface area contributed by atoms with Gasteiger partial charge in [0.05, 0.1) is 5.97 Å². The van der Waals surface area contributed by atoms with Crippen molar-refractivity contribution >= 4 is 5.97 Å². The zero-order chi connectivity index (χ0) is 19.1. The Balaban J connectivity index is 3.51. The van der Waals surface area contributed by atoms with Crippen LogP contribution < -0.4 is 5.11 Å². The monoisotopic (exact) mass is 355 g/mol. The second kappa shape index (κ2) is 21.0. The van der Waals surface area contributed by atoms with Crippen molar-refractivity contribution in [2.45, 2.75) is 71.1 Å². The Hall–Kier alpha value is -2.09. The van der Waals surface area contributed by atoms with Gasteiger partial charge in [0.1, 0.15) is 0 Å². The summed E-state index contributed by atoms with van der Waals surface area (Å²) >= 11 is 0. The number of aliphatic carboxylic acids is 1. The Morgan fingerprint density at radius 3 is 1.54 bits per heavy atom. The van der Waals surface area contributed by atoms with Gasteiger partial charge in [0.25, 0.3) is 0 Å². The predicted molar refractivity (Wildman–Crippen MR) is 112 cm³/mol. The van der Waals surface area contributed by atoms with Gasteiger partial charge in [-0.2, -0.15) is 0 Å². The minimum atomic E-state index is -1.19. The summed E-state index contributed by atoms with van der Waals surface area (Å²) in [7, 11) is 0. The third-order valence-electron chi connectivity index (χ3n) is 3.84. The van der Waals surface area contributed by atoms with Crippen molar-refractivity contribution in [3.05, 3.63) is 72.9 Å². The van der Waals surface area contributed by atoms with E-state index in [1.165, 1.54) is 63.9 Å². The molecule has 144 valence electrons. The molecule has 2 heteroatoms. The van der Waals surface area contributed by atoms with E-state index >= 15 is 0 Å². The molecule has 0 radical (unpaired) electrons. The largest absolute Gasteiger partial charge is 0.545 e. The molecule has 0 bridgehead atoms. The molecule has 0 amide bonds. The molecule has 0 aliphatic heterocycles. The minimum Gasteiger partial charge on any atom is -0.545 e. The van der Waals surface area contributed by atoms with E-state index in [-0.39, 0.29) is 0 Å². The van der Waals surface area contributed by atoms with E-state index in [1.807, 2.05) is 36.5 Å². The number of carboxylic acid groups (broad SMARTS) is 1. The predicted octanol–water partition coefficient (Wildman–Crippen LogP) is 5.99. The van der Waals surface area contributed by atoms with Crippen LogP contribution in [0.1, 0.15) is 71.1 Å². The summed E-state index contributed by atoms with van der Waals surface area (Å²) in [5.74, 6) is -1.19. The summed E-state index contributed by atoms with van der Waals surface area (Å²) < 4.78 is 0. The van der Waals surface area contributed by atoms with Crippen LogP contribution in [0.3, 0.4) is 0 Å². The summed E-state index contributed by atoms with van der Waals surface area (Å²) in [6.07, 6.45) is 35.3. The van der Waals surface area contributed by atoms with E-state index in [2.05, 4.69) is 19.1 Å². The lowest BCUT2D eigenvalue weighted by Crippen LogP contribution is -2.18. The molecule has 0 saturated heterocycles. The third kappa shape index (κ3) is 21.9. The molecule has 0 unspecified atom stereocenters. The van der Waals surface area contributed by atoms with Crippen LogP contribution in [0.15, 0.2) is 72.9 Å². The molecule has 26 heavy (non-hydrogen) atoms. The Morgan fingerprint density at radius 2 is 1.04 bits per heavy atom. The zero-order valence-electron chi connectivity index (χ0n) is 16.3. The number of carbonyl (C=O) groups is 1. The van der Waals surface area contributed by atoms with Crippen molar-refractivity contribution in [1.82, 2.24) is 0 Å². The average Bonchev–Trinajstić information content (AvgIpc) is 2.62. The highest BCUT2D eigenvalue weighted by atomic mass is 16.4. The van der Waals surface area contributed by atoms with Crippen LogP contribution in [0.4, 0.5) is 0 Å². The van der Waals surface area contributed by atoms with Crippen LogP contribution in [0, 0.1) is 0 Å². The molecular formula is C24H35O2-. The van der Waals surface area contributed by atoms with Crippen LogP contribution in [-0.2, 0) is 4.79 Å². The van der Waals surface area contributed by atoms with Gasteiger partial charge in [0.15, 0.2) is 0 Å². The molecule has 2 nitrogen and oxygen atoms in total. The molecule has 0 saturated carbocycles. The highest BCUT2D eigenvalue weighted by Crippen LogP contribution is 2.10. The van der Waals surface area contributed by atoms with E-state index in [1.54, 1.807) is 12.2 Å². The van der Waals surface area contributed by atoms with Crippen LogP contribution in [0.5, 0.6) is 0 Å². The van der Waals surface area contributed by atoms with Gasteiger partial charge in [-0.15, -0.1) is 0 Å². The Bertz CT molecular complexity index is 490. The van der Waals surface area contributed by atoms with Crippen molar-refractivity contribution in [2.75, 3.05) is 0 Å². The number of hydrogen-bond acceptors (Lipinski definition) is 2. The maximum Gasteiger partial charge on any atom is 0.0642 e. The van der Waals surface area contributed by atoms with Gasteiger partial charge in [-0.25, -0.2) is 0 Å². The van der Waals surface area contributed by atoms with E-state index < -0.39 is 5.97 Å². The van der Waals surface area contributed by atoms with Gasteiger partial charge in [0.2, 0.25) is 0 Å². The number of carboxylic acids is 1. The standard InChI is InChI=1S/C24H36O2/c1-2-3-4-5-6-7-8-9-10-11-12-13-14-15-16-17-18-19-20-21-22-23-24(25)26/h12-23H,2-11H2,1H3,(H,25,26)/p-1/b13-12+,15-14+,17-16+,19-18+,21-20+,23-22+. The lowest BCUT2D eigenvalue weighted by molar-refractivity contribution is -0.297. The van der Waals surface area contributed by atoms with Gasteiger partial charge >= 0.3 is 0 Å². The molecule has 0 aromatic carbocycles. The number of rotatable bonds is 16. The Labute approximate surface area is 160 Å². The van der Waals surface area contributed by atoms with Gasteiger partial charge in [0, 0.05) is 0 Å². The smallest absolute Gasteiger partial charge is 0.0642 e. The number of allylic oxidation sites excluding steroid dienone is 11. The molecule has 0 atom stereocenters. The Morgan fingerprint density at radius 1 is 0.615 bits per heavy atom. The van der Waals surface area contributed by atoms with Crippen molar-refractivity contribution in [3.63, 3.8) is 0 Å². The summed E-state index contributed by atoms with van der Waals surface area (Å²) in [5, 5.41) is 10.1. The van der Waals surface area contributed by atoms with Crippen LogP contribution >= 0.6 is 0 Å². The summed E-state index contributed by atoms with van der Waals surface area (Å²) in [5.41, 5.74) is 0. The van der Waals surface area contributed by atoms with Crippen molar-refractivity contribution in [2.24, 2.45) is 0 Å². The lowest BCUT2D eigenvalue weighted by Gasteiger charge is -2.00. The molecule has 0 N–H and O–H groups in total. The van der Waals surface area contributed by atoms with Gasteiger partial charge in [-0.05, 0) is 18.9 Å². The average molecular weight is 356 g/mol. The molecule has 0 fully saturated rings. The molecule has 0 heterocycles. The first kappa shape index (κ1) is 23.9. The van der Waals surface area contributed by atoms with E-state index in [0.717, 1.165) is 12.5 Å².